The molecule has 1 saturated heterocycles. The van der Waals surface area contributed by atoms with Crippen LogP contribution in [0.3, 0.4) is 0 Å². The van der Waals surface area contributed by atoms with Gasteiger partial charge in [0.25, 0.3) is 5.91 Å². The van der Waals surface area contributed by atoms with Crippen LogP contribution in [0.2, 0.25) is 0 Å². The highest BCUT2D eigenvalue weighted by Crippen LogP contribution is 2.28. The van der Waals surface area contributed by atoms with E-state index in [0.29, 0.717) is 25.2 Å². The normalized spacial score (nSPS) is 23.1. The molecule has 0 bridgehead atoms. The first kappa shape index (κ1) is 25.9. The van der Waals surface area contributed by atoms with E-state index in [1.807, 2.05) is 11.5 Å². The number of carbonyl (C=O) groups excluding carboxylic acids is 1. The highest BCUT2D eigenvalue weighted by atomic mass is 32.2. The molecule has 35 heavy (non-hydrogen) atoms. The second kappa shape index (κ2) is 10.8. The van der Waals surface area contributed by atoms with Crippen LogP contribution in [0.25, 0.3) is 10.9 Å². The fourth-order valence-electron chi connectivity index (χ4n) is 5.78. The standard InChI is InChI=1S/C27H39N3O4S/c1-4-29-18-24(27(32)28-21-10-8-6-5-7-9-11-21)26(31)23-15-22(12-13-25(23)29)35(33,34)30-16-19(2)14-20(3)17-30/h12-13,15,18-21H,4-11,14,16-17H2,1-3H3,(H,28,32)/t19-,20+. The number of hydrogen-bond acceptors (Lipinski definition) is 4. The summed E-state index contributed by atoms with van der Waals surface area (Å²) in [6.45, 7) is 7.61. The molecule has 1 aromatic carbocycles. The molecule has 192 valence electrons. The van der Waals surface area contributed by atoms with E-state index < -0.39 is 15.5 Å². The van der Waals surface area contributed by atoms with E-state index in [4.69, 9.17) is 0 Å². The fourth-order valence-corrected chi connectivity index (χ4v) is 7.48. The van der Waals surface area contributed by atoms with Crippen LogP contribution in [0.5, 0.6) is 0 Å². The largest absolute Gasteiger partial charge is 0.349 e. The maximum atomic E-state index is 13.5. The highest BCUT2D eigenvalue weighted by molar-refractivity contribution is 7.89. The number of aryl methyl sites for hydroxylation is 1. The molecule has 1 aromatic heterocycles. The molecule has 1 aliphatic carbocycles. The van der Waals surface area contributed by atoms with Crippen LogP contribution >= 0.6 is 0 Å². The Hall–Kier alpha value is -2.19. The van der Waals surface area contributed by atoms with Crippen LogP contribution in [0.4, 0.5) is 0 Å². The van der Waals surface area contributed by atoms with Crippen molar-refractivity contribution in [3.63, 3.8) is 0 Å². The van der Waals surface area contributed by atoms with Gasteiger partial charge in [-0.15, -0.1) is 0 Å². The lowest BCUT2D eigenvalue weighted by molar-refractivity contribution is 0.0929. The number of hydrogen-bond donors (Lipinski definition) is 1. The van der Waals surface area contributed by atoms with Gasteiger partial charge in [-0.25, -0.2) is 8.42 Å². The summed E-state index contributed by atoms with van der Waals surface area (Å²) in [6.07, 6.45) is 10.2. The van der Waals surface area contributed by atoms with E-state index in [9.17, 15) is 18.0 Å². The fraction of sp³-hybridized carbons (Fsp3) is 0.630. The van der Waals surface area contributed by atoms with E-state index >= 15 is 0 Å². The van der Waals surface area contributed by atoms with Crippen molar-refractivity contribution in [3.05, 3.63) is 40.2 Å². The lowest BCUT2D eigenvalue weighted by atomic mass is 9.94. The minimum atomic E-state index is -3.73. The predicted octanol–water partition coefficient (Wildman–Crippen LogP) is 4.53. The van der Waals surface area contributed by atoms with Crippen molar-refractivity contribution >= 4 is 26.8 Å². The average Bonchev–Trinajstić information content (AvgIpc) is 2.80. The smallest absolute Gasteiger partial charge is 0.256 e. The first-order valence-electron chi connectivity index (χ1n) is 13.2. The summed E-state index contributed by atoms with van der Waals surface area (Å²) < 4.78 is 30.3. The van der Waals surface area contributed by atoms with E-state index in [0.717, 1.165) is 32.1 Å². The minimum absolute atomic E-state index is 0.0720. The van der Waals surface area contributed by atoms with Gasteiger partial charge in [-0.3, -0.25) is 9.59 Å². The number of sulfonamides is 1. The molecule has 1 saturated carbocycles. The van der Waals surface area contributed by atoms with Gasteiger partial charge in [0.05, 0.1) is 10.4 Å². The van der Waals surface area contributed by atoms with Crippen LogP contribution in [0.15, 0.2) is 34.1 Å². The third-order valence-corrected chi connectivity index (χ3v) is 9.38. The minimum Gasteiger partial charge on any atom is -0.349 e. The van der Waals surface area contributed by atoms with E-state index in [1.54, 1.807) is 18.3 Å². The van der Waals surface area contributed by atoms with Gasteiger partial charge in [-0.1, -0.05) is 46.0 Å². The summed E-state index contributed by atoms with van der Waals surface area (Å²) in [4.78, 5) is 26.8. The molecule has 1 amide bonds. The van der Waals surface area contributed by atoms with Gasteiger partial charge in [0.1, 0.15) is 5.56 Å². The second-order valence-corrected chi connectivity index (χ2v) is 12.6. The SMILES string of the molecule is CCn1cc(C(=O)NC2CCCCCCC2)c(=O)c2cc(S(=O)(=O)N3C[C@H](C)C[C@H](C)C3)ccc21. The zero-order valence-corrected chi connectivity index (χ0v) is 22.1. The highest BCUT2D eigenvalue weighted by Gasteiger charge is 2.32. The summed E-state index contributed by atoms with van der Waals surface area (Å²) in [7, 11) is -3.73. The van der Waals surface area contributed by atoms with Crippen LogP contribution in [-0.2, 0) is 16.6 Å². The Labute approximate surface area is 208 Å². The molecule has 8 heteroatoms. The number of aromatic nitrogens is 1. The summed E-state index contributed by atoms with van der Waals surface area (Å²) in [5.74, 6) is 0.210. The predicted molar refractivity (Wildman–Crippen MR) is 139 cm³/mol. The molecular weight excluding hydrogens is 462 g/mol. The Bertz CT molecular complexity index is 1220. The molecule has 0 unspecified atom stereocenters. The Kier molecular flexibility index (Phi) is 8.01. The lowest BCUT2D eigenvalue weighted by Gasteiger charge is -2.34. The third-order valence-electron chi connectivity index (χ3n) is 7.55. The number of fused-ring (bicyclic) bond motifs is 1. The van der Waals surface area contributed by atoms with Gasteiger partial charge in [0.2, 0.25) is 15.5 Å². The van der Waals surface area contributed by atoms with E-state index in [1.165, 1.54) is 29.6 Å². The molecule has 2 atom stereocenters. The zero-order valence-electron chi connectivity index (χ0n) is 21.3. The van der Waals surface area contributed by atoms with E-state index in [-0.39, 0.29) is 39.6 Å². The molecule has 2 aliphatic rings. The molecule has 4 rings (SSSR count). The molecule has 1 aliphatic heterocycles. The van der Waals surface area contributed by atoms with Crippen LogP contribution in [0.1, 0.15) is 82.5 Å². The van der Waals surface area contributed by atoms with Crippen molar-refractivity contribution < 1.29 is 13.2 Å². The third kappa shape index (κ3) is 5.64. The molecule has 0 radical (unpaired) electrons. The Morgan fingerprint density at radius 2 is 1.66 bits per heavy atom. The number of pyridine rings is 1. The van der Waals surface area contributed by atoms with Crippen molar-refractivity contribution in [2.24, 2.45) is 11.8 Å². The van der Waals surface area contributed by atoms with E-state index in [2.05, 4.69) is 19.2 Å². The summed E-state index contributed by atoms with van der Waals surface area (Å²) in [5.41, 5.74) is 0.306. The molecule has 2 aromatic rings. The number of amides is 1. The van der Waals surface area contributed by atoms with Crippen LogP contribution < -0.4 is 10.7 Å². The maximum Gasteiger partial charge on any atom is 0.256 e. The number of nitrogens with zero attached hydrogens (tertiary/aromatic N) is 2. The number of piperidine rings is 1. The molecule has 2 fully saturated rings. The van der Waals surface area contributed by atoms with Crippen LogP contribution in [0, 0.1) is 11.8 Å². The summed E-state index contributed by atoms with van der Waals surface area (Å²) >= 11 is 0. The monoisotopic (exact) mass is 501 g/mol. The molecular formula is C27H39N3O4S. The van der Waals surface area contributed by atoms with Gasteiger partial charge >= 0.3 is 0 Å². The zero-order chi connectivity index (χ0) is 25.2. The summed E-state index contributed by atoms with van der Waals surface area (Å²) in [6, 6.07) is 4.82. The molecule has 1 N–H and O–H groups in total. The summed E-state index contributed by atoms with van der Waals surface area (Å²) in [5, 5.41) is 3.36. The van der Waals surface area contributed by atoms with Gasteiger partial charge in [-0.05, 0) is 56.2 Å². The number of carbonyl (C=O) groups is 1. The van der Waals surface area contributed by atoms with Gasteiger partial charge in [0, 0.05) is 37.3 Å². The number of nitrogens with one attached hydrogen (secondary N) is 1. The first-order valence-corrected chi connectivity index (χ1v) is 14.6. The number of rotatable bonds is 5. The van der Waals surface area contributed by atoms with Gasteiger partial charge in [0.15, 0.2) is 0 Å². The number of benzene rings is 1. The molecule has 7 nitrogen and oxygen atoms in total. The Morgan fingerprint density at radius 3 is 2.29 bits per heavy atom. The van der Waals surface area contributed by atoms with Crippen molar-refractivity contribution in [2.45, 2.75) is 89.6 Å². The first-order chi connectivity index (χ1) is 16.7. The van der Waals surface area contributed by atoms with Crippen molar-refractivity contribution in [1.29, 1.82) is 0 Å². The Morgan fingerprint density at radius 1 is 1.03 bits per heavy atom. The van der Waals surface area contributed by atoms with Crippen molar-refractivity contribution in [2.75, 3.05) is 13.1 Å². The molecule has 0 spiro atoms. The van der Waals surface area contributed by atoms with Gasteiger partial charge in [-0.2, -0.15) is 4.31 Å². The quantitative estimate of drug-likeness (QED) is 0.652. The second-order valence-electron chi connectivity index (χ2n) is 10.6. The topological polar surface area (TPSA) is 88.5 Å². The average molecular weight is 502 g/mol. The Balaban J connectivity index is 1.70. The maximum absolute atomic E-state index is 13.5. The van der Waals surface area contributed by atoms with Crippen molar-refractivity contribution in [3.8, 4) is 0 Å². The lowest BCUT2D eigenvalue weighted by Crippen LogP contribution is -2.42. The molecule has 2 heterocycles. The van der Waals surface area contributed by atoms with Crippen LogP contribution in [-0.4, -0.2) is 42.3 Å². The van der Waals surface area contributed by atoms with Gasteiger partial charge < -0.3 is 9.88 Å². The van der Waals surface area contributed by atoms with Crippen molar-refractivity contribution in [1.82, 2.24) is 14.2 Å².